The maximum absolute atomic E-state index is 11.9. The maximum Gasteiger partial charge on any atom is 0.164 e. The van der Waals surface area contributed by atoms with Gasteiger partial charge in [-0.05, 0) is 43.5 Å². The van der Waals surface area contributed by atoms with Crippen LogP contribution in [0.2, 0.25) is 0 Å². The molecule has 0 atom stereocenters. The van der Waals surface area contributed by atoms with Crippen LogP contribution in [0.1, 0.15) is 34.5 Å². The van der Waals surface area contributed by atoms with Gasteiger partial charge in [0.05, 0.1) is 0 Å². The first-order valence-corrected chi connectivity index (χ1v) is 6.96. The minimum absolute atomic E-state index is 0.280. The third-order valence-corrected chi connectivity index (χ3v) is 4.03. The Bertz CT molecular complexity index is 627. The second-order valence-corrected chi connectivity index (χ2v) is 5.67. The monoisotopic (exact) mass is 303 g/mol. The lowest BCUT2D eigenvalue weighted by Gasteiger charge is -2.16. The smallest absolute Gasteiger partial charge is 0.164 e. The van der Waals surface area contributed by atoms with Crippen molar-refractivity contribution in [3.05, 3.63) is 51.8 Å². The molecule has 3 rings (SSSR count). The molecule has 0 aliphatic heterocycles. The van der Waals surface area contributed by atoms with Gasteiger partial charge < -0.3 is 4.57 Å². The molecule has 0 saturated carbocycles. The van der Waals surface area contributed by atoms with E-state index >= 15 is 0 Å². The van der Waals surface area contributed by atoms with E-state index in [0.29, 0.717) is 6.42 Å². The third-order valence-electron chi connectivity index (χ3n) is 3.54. The zero-order valence-corrected chi connectivity index (χ0v) is 11.8. The van der Waals surface area contributed by atoms with Crippen LogP contribution in [0, 0.1) is 6.92 Å². The highest BCUT2D eigenvalue weighted by molar-refractivity contribution is 9.10. The average molecular weight is 304 g/mol. The Labute approximate surface area is 115 Å². The molecule has 1 aliphatic carbocycles. The number of nitrogens with zero attached hydrogens (tertiary/aromatic N) is 1. The fourth-order valence-electron chi connectivity index (χ4n) is 2.59. The van der Waals surface area contributed by atoms with Crippen molar-refractivity contribution < 1.29 is 4.79 Å². The van der Waals surface area contributed by atoms with Crippen molar-refractivity contribution in [2.75, 3.05) is 0 Å². The lowest BCUT2D eigenvalue weighted by molar-refractivity contribution is 0.0972. The SMILES string of the molecule is Cc1ccc(Br)cc1-n1ccc2c1CCCC2=O. The zero-order valence-electron chi connectivity index (χ0n) is 10.2. The quantitative estimate of drug-likeness (QED) is 0.778. The van der Waals surface area contributed by atoms with Gasteiger partial charge in [-0.1, -0.05) is 22.0 Å². The molecule has 92 valence electrons. The first-order chi connectivity index (χ1) is 8.66. The Morgan fingerprint density at radius 1 is 1.22 bits per heavy atom. The van der Waals surface area contributed by atoms with Crippen LogP contribution in [-0.4, -0.2) is 10.4 Å². The second-order valence-electron chi connectivity index (χ2n) is 4.75. The van der Waals surface area contributed by atoms with Gasteiger partial charge in [-0.3, -0.25) is 4.79 Å². The fraction of sp³-hybridized carbons (Fsp3) is 0.267. The summed E-state index contributed by atoms with van der Waals surface area (Å²) in [6.45, 7) is 2.10. The van der Waals surface area contributed by atoms with E-state index in [1.165, 1.54) is 5.56 Å². The Morgan fingerprint density at radius 2 is 2.06 bits per heavy atom. The van der Waals surface area contributed by atoms with Gasteiger partial charge in [0, 0.05) is 34.0 Å². The Kier molecular flexibility index (Phi) is 2.86. The molecule has 1 aromatic carbocycles. The summed E-state index contributed by atoms with van der Waals surface area (Å²) in [5, 5.41) is 0. The van der Waals surface area contributed by atoms with Crippen molar-refractivity contribution >= 4 is 21.7 Å². The molecule has 1 aromatic heterocycles. The summed E-state index contributed by atoms with van der Waals surface area (Å²) in [4.78, 5) is 11.9. The number of Topliss-reactive ketones (excluding diaryl/α,β-unsaturated/α-hetero) is 1. The summed E-state index contributed by atoms with van der Waals surface area (Å²) in [6, 6.07) is 8.20. The molecule has 0 bridgehead atoms. The van der Waals surface area contributed by atoms with Crippen LogP contribution in [0.15, 0.2) is 34.9 Å². The summed E-state index contributed by atoms with van der Waals surface area (Å²) < 4.78 is 3.22. The molecule has 0 spiro atoms. The fourth-order valence-corrected chi connectivity index (χ4v) is 2.94. The van der Waals surface area contributed by atoms with Crippen LogP contribution in [0.25, 0.3) is 5.69 Å². The average Bonchev–Trinajstić information content (AvgIpc) is 2.77. The molecular weight excluding hydrogens is 290 g/mol. The summed E-state index contributed by atoms with van der Waals surface area (Å²) in [5.41, 5.74) is 4.43. The number of carbonyl (C=O) groups excluding carboxylic acids is 1. The van der Waals surface area contributed by atoms with Gasteiger partial charge in [-0.25, -0.2) is 0 Å². The molecule has 0 radical (unpaired) electrons. The van der Waals surface area contributed by atoms with Crippen LogP contribution in [0.5, 0.6) is 0 Å². The van der Waals surface area contributed by atoms with Gasteiger partial charge in [0.25, 0.3) is 0 Å². The molecule has 0 N–H and O–H groups in total. The van der Waals surface area contributed by atoms with Crippen LogP contribution in [-0.2, 0) is 6.42 Å². The highest BCUT2D eigenvalue weighted by atomic mass is 79.9. The number of rotatable bonds is 1. The zero-order chi connectivity index (χ0) is 12.7. The molecule has 2 nitrogen and oxygen atoms in total. The van der Waals surface area contributed by atoms with E-state index in [9.17, 15) is 4.79 Å². The van der Waals surface area contributed by atoms with Crippen molar-refractivity contribution in [3.8, 4) is 5.69 Å². The molecule has 1 heterocycles. The van der Waals surface area contributed by atoms with E-state index < -0.39 is 0 Å². The summed E-state index contributed by atoms with van der Waals surface area (Å²) in [5.74, 6) is 0.280. The standard InChI is InChI=1S/C15H14BrNO/c1-10-5-6-11(16)9-14(10)17-8-7-12-13(17)3-2-4-15(12)18/h5-9H,2-4H2,1H3. The minimum atomic E-state index is 0.280. The van der Waals surface area contributed by atoms with Crippen molar-refractivity contribution in [1.82, 2.24) is 4.57 Å². The van der Waals surface area contributed by atoms with Crippen molar-refractivity contribution in [1.29, 1.82) is 0 Å². The molecule has 3 heteroatoms. The maximum atomic E-state index is 11.9. The molecule has 1 aliphatic rings. The predicted molar refractivity (Wildman–Crippen MR) is 75.5 cm³/mol. The van der Waals surface area contributed by atoms with Crippen LogP contribution < -0.4 is 0 Å². The summed E-state index contributed by atoms with van der Waals surface area (Å²) in [6.07, 6.45) is 4.65. The summed E-state index contributed by atoms with van der Waals surface area (Å²) >= 11 is 3.51. The Hall–Kier alpha value is -1.35. The number of hydrogen-bond donors (Lipinski definition) is 0. The lowest BCUT2D eigenvalue weighted by Crippen LogP contribution is -2.12. The number of aromatic nitrogens is 1. The molecule has 2 aromatic rings. The van der Waals surface area contributed by atoms with Gasteiger partial charge in [-0.15, -0.1) is 0 Å². The summed E-state index contributed by atoms with van der Waals surface area (Å²) in [7, 11) is 0. The molecule has 0 saturated heterocycles. The van der Waals surface area contributed by atoms with Crippen molar-refractivity contribution in [2.24, 2.45) is 0 Å². The largest absolute Gasteiger partial charge is 0.320 e. The number of halogens is 1. The van der Waals surface area contributed by atoms with Crippen molar-refractivity contribution in [2.45, 2.75) is 26.2 Å². The van der Waals surface area contributed by atoms with E-state index in [1.54, 1.807) is 0 Å². The normalized spacial score (nSPS) is 14.7. The van der Waals surface area contributed by atoms with Crippen LogP contribution in [0.4, 0.5) is 0 Å². The highest BCUT2D eigenvalue weighted by Gasteiger charge is 2.21. The first-order valence-electron chi connectivity index (χ1n) is 6.17. The van der Waals surface area contributed by atoms with E-state index in [4.69, 9.17) is 0 Å². The predicted octanol–water partition coefficient (Wildman–Crippen LogP) is 4.07. The van der Waals surface area contributed by atoms with Crippen LogP contribution >= 0.6 is 15.9 Å². The number of ketones is 1. The number of carbonyl (C=O) groups is 1. The lowest BCUT2D eigenvalue weighted by atomic mass is 9.96. The van der Waals surface area contributed by atoms with Gasteiger partial charge in [-0.2, -0.15) is 0 Å². The Balaban J connectivity index is 2.18. The van der Waals surface area contributed by atoms with E-state index in [1.807, 2.05) is 18.3 Å². The Morgan fingerprint density at radius 3 is 2.89 bits per heavy atom. The van der Waals surface area contributed by atoms with Gasteiger partial charge in [0.1, 0.15) is 0 Å². The van der Waals surface area contributed by atoms with E-state index in [0.717, 1.165) is 34.3 Å². The minimum Gasteiger partial charge on any atom is -0.320 e. The van der Waals surface area contributed by atoms with Gasteiger partial charge in [0.2, 0.25) is 0 Å². The number of fused-ring (bicyclic) bond motifs is 1. The number of hydrogen-bond acceptors (Lipinski definition) is 1. The first kappa shape index (κ1) is 11.7. The topological polar surface area (TPSA) is 22.0 Å². The molecule has 0 unspecified atom stereocenters. The van der Waals surface area contributed by atoms with Crippen molar-refractivity contribution in [3.63, 3.8) is 0 Å². The molecular formula is C15H14BrNO. The number of aryl methyl sites for hydroxylation is 1. The van der Waals surface area contributed by atoms with Gasteiger partial charge in [0.15, 0.2) is 5.78 Å². The van der Waals surface area contributed by atoms with E-state index in [-0.39, 0.29) is 5.78 Å². The molecule has 18 heavy (non-hydrogen) atoms. The van der Waals surface area contributed by atoms with E-state index in [2.05, 4.69) is 39.6 Å². The highest BCUT2D eigenvalue weighted by Crippen LogP contribution is 2.28. The second kappa shape index (κ2) is 4.39. The third kappa shape index (κ3) is 1.83. The molecule has 0 fully saturated rings. The van der Waals surface area contributed by atoms with Crippen LogP contribution in [0.3, 0.4) is 0 Å². The van der Waals surface area contributed by atoms with Gasteiger partial charge >= 0.3 is 0 Å². The molecule has 0 amide bonds. The number of benzene rings is 1.